The Morgan fingerprint density at radius 2 is 2.06 bits per heavy atom. The number of fused-ring (bicyclic) bond motifs is 1. The molecule has 16 heavy (non-hydrogen) atoms. The number of imidazole rings is 1. The van der Waals surface area contributed by atoms with E-state index in [1.165, 1.54) is 12.3 Å². The molecule has 0 bridgehead atoms. The van der Waals surface area contributed by atoms with Gasteiger partial charge in [0, 0.05) is 10.7 Å². The highest BCUT2D eigenvalue weighted by atomic mass is 79.9. The molecule has 2 rings (SSSR count). The number of H-pyrrole nitrogens is 1. The molecule has 0 radical (unpaired) electrons. The largest absolute Gasteiger partial charge is 0.363 e. The minimum absolute atomic E-state index is 0.0291. The van der Waals surface area contributed by atoms with Gasteiger partial charge in [-0.3, -0.25) is 0 Å². The number of nitrogens with one attached hydrogen (secondary N) is 1. The van der Waals surface area contributed by atoms with Crippen LogP contribution in [0.3, 0.4) is 0 Å². The first-order chi connectivity index (χ1) is 7.41. The second-order valence-corrected chi connectivity index (χ2v) is 3.95. The fourth-order valence-electron chi connectivity index (χ4n) is 1.14. The third-order valence-corrected chi connectivity index (χ3v) is 2.33. The van der Waals surface area contributed by atoms with Gasteiger partial charge in [0.1, 0.15) is 0 Å². The van der Waals surface area contributed by atoms with Crippen LogP contribution in [0.1, 0.15) is 5.82 Å². The smallest absolute Gasteiger partial charge is 0.335 e. The van der Waals surface area contributed by atoms with E-state index >= 15 is 0 Å². The van der Waals surface area contributed by atoms with Crippen LogP contribution in [-0.4, -0.2) is 21.4 Å². The van der Waals surface area contributed by atoms with Crippen LogP contribution in [0, 0.1) is 0 Å². The summed E-state index contributed by atoms with van der Waals surface area (Å²) in [5, 5.41) is 0. The molecule has 0 aliphatic carbocycles. The van der Waals surface area contributed by atoms with Crippen molar-refractivity contribution in [2.24, 2.45) is 0 Å². The van der Waals surface area contributed by atoms with E-state index < -0.39 is 18.2 Å². The maximum atomic E-state index is 12.9. The highest BCUT2D eigenvalue weighted by Gasteiger charge is 2.45. The zero-order chi connectivity index (χ0) is 11.9. The molecule has 0 amide bonds. The van der Waals surface area contributed by atoms with E-state index in [0.717, 1.165) is 0 Å². The third-order valence-electron chi connectivity index (χ3n) is 1.89. The Labute approximate surface area is 95.0 Å². The van der Waals surface area contributed by atoms with Crippen molar-refractivity contribution in [2.45, 2.75) is 12.3 Å². The fourth-order valence-corrected chi connectivity index (χ4v) is 1.47. The van der Waals surface area contributed by atoms with Gasteiger partial charge in [-0.15, -0.1) is 0 Å². The number of hydrogen-bond acceptors (Lipinski definition) is 2. The lowest BCUT2D eigenvalue weighted by Crippen LogP contribution is -2.25. The SMILES string of the molecule is FC(F)C(F)(F)c1nc2ncc(Br)cc2[nH]1. The molecule has 0 fully saturated rings. The van der Waals surface area contributed by atoms with E-state index in [1.807, 2.05) is 0 Å². The molecule has 0 aromatic carbocycles. The van der Waals surface area contributed by atoms with Gasteiger partial charge in [-0.25, -0.2) is 18.7 Å². The molecule has 0 saturated carbocycles. The Hall–Kier alpha value is -1.18. The van der Waals surface area contributed by atoms with E-state index in [-0.39, 0.29) is 11.2 Å². The summed E-state index contributed by atoms with van der Waals surface area (Å²) in [6.45, 7) is 0. The number of nitrogens with zero attached hydrogens (tertiary/aromatic N) is 2. The minimum atomic E-state index is -4.30. The topological polar surface area (TPSA) is 41.6 Å². The van der Waals surface area contributed by atoms with Crippen molar-refractivity contribution in [1.29, 1.82) is 0 Å². The molecular formula is C8H4BrF4N3. The maximum Gasteiger partial charge on any atom is 0.363 e. The van der Waals surface area contributed by atoms with Crippen molar-refractivity contribution >= 4 is 27.1 Å². The van der Waals surface area contributed by atoms with Crippen LogP contribution in [0.15, 0.2) is 16.7 Å². The van der Waals surface area contributed by atoms with Crippen LogP contribution in [0.2, 0.25) is 0 Å². The number of rotatable bonds is 2. The molecule has 0 saturated heterocycles. The summed E-state index contributed by atoms with van der Waals surface area (Å²) in [6.07, 6.45) is -2.47. The van der Waals surface area contributed by atoms with Crippen LogP contribution in [0.4, 0.5) is 17.6 Å². The second-order valence-electron chi connectivity index (χ2n) is 3.03. The molecule has 0 aliphatic rings. The number of aromatic nitrogens is 3. The second kappa shape index (κ2) is 3.69. The first-order valence-corrected chi connectivity index (χ1v) is 4.88. The molecule has 0 spiro atoms. The van der Waals surface area contributed by atoms with E-state index in [0.29, 0.717) is 4.47 Å². The van der Waals surface area contributed by atoms with Crippen molar-refractivity contribution in [3.8, 4) is 0 Å². The molecule has 3 nitrogen and oxygen atoms in total. The lowest BCUT2D eigenvalue weighted by molar-refractivity contribution is -0.140. The van der Waals surface area contributed by atoms with Crippen LogP contribution in [-0.2, 0) is 5.92 Å². The molecular weight excluding hydrogens is 294 g/mol. The highest BCUT2D eigenvalue weighted by molar-refractivity contribution is 9.10. The average Bonchev–Trinajstić information content (AvgIpc) is 2.60. The summed E-state index contributed by atoms with van der Waals surface area (Å²) in [5.41, 5.74) is 0.142. The Morgan fingerprint density at radius 3 is 2.69 bits per heavy atom. The first-order valence-electron chi connectivity index (χ1n) is 4.09. The van der Waals surface area contributed by atoms with E-state index in [9.17, 15) is 17.6 Å². The maximum absolute atomic E-state index is 12.9. The van der Waals surface area contributed by atoms with Gasteiger partial charge in [-0.05, 0) is 22.0 Å². The predicted molar refractivity (Wildman–Crippen MR) is 51.5 cm³/mol. The van der Waals surface area contributed by atoms with Gasteiger partial charge < -0.3 is 4.98 Å². The van der Waals surface area contributed by atoms with Gasteiger partial charge in [0.2, 0.25) is 0 Å². The van der Waals surface area contributed by atoms with Crippen LogP contribution < -0.4 is 0 Å². The number of halogens is 5. The van der Waals surface area contributed by atoms with Crippen LogP contribution >= 0.6 is 15.9 Å². The van der Waals surface area contributed by atoms with Gasteiger partial charge in [-0.1, -0.05) is 0 Å². The quantitative estimate of drug-likeness (QED) is 0.866. The zero-order valence-corrected chi connectivity index (χ0v) is 9.10. The standard InChI is InChI=1S/C8H4BrF4N3/c9-3-1-4-5(14-2-3)16-7(15-4)8(12,13)6(10)11/h1-2,6H,(H,14,15,16). The average molecular weight is 298 g/mol. The zero-order valence-electron chi connectivity index (χ0n) is 7.52. The normalized spacial score (nSPS) is 12.6. The number of alkyl halides is 4. The lowest BCUT2D eigenvalue weighted by atomic mass is 10.3. The molecule has 0 unspecified atom stereocenters. The van der Waals surface area contributed by atoms with Crippen molar-refractivity contribution < 1.29 is 17.6 Å². The predicted octanol–water partition coefficient (Wildman–Crippen LogP) is 3.08. The summed E-state index contributed by atoms with van der Waals surface area (Å²) >= 11 is 3.08. The molecule has 2 aromatic rings. The third kappa shape index (κ3) is 1.77. The Kier molecular flexibility index (Phi) is 2.61. The molecule has 2 heterocycles. The first kappa shape index (κ1) is 11.3. The summed E-state index contributed by atoms with van der Waals surface area (Å²) in [4.78, 5) is 9.16. The molecule has 0 aliphatic heterocycles. The van der Waals surface area contributed by atoms with Gasteiger partial charge in [0.05, 0.1) is 5.52 Å². The summed E-state index contributed by atoms with van der Waals surface area (Å²) in [6, 6.07) is 1.43. The van der Waals surface area contributed by atoms with Crippen LogP contribution in [0.25, 0.3) is 11.2 Å². The number of hydrogen-bond donors (Lipinski definition) is 1. The van der Waals surface area contributed by atoms with Crippen molar-refractivity contribution in [3.05, 3.63) is 22.6 Å². The lowest BCUT2D eigenvalue weighted by Gasteiger charge is -2.10. The van der Waals surface area contributed by atoms with Crippen molar-refractivity contribution in [1.82, 2.24) is 15.0 Å². The van der Waals surface area contributed by atoms with Crippen molar-refractivity contribution in [2.75, 3.05) is 0 Å². The van der Waals surface area contributed by atoms with E-state index in [4.69, 9.17) is 0 Å². The monoisotopic (exact) mass is 297 g/mol. The van der Waals surface area contributed by atoms with Gasteiger partial charge >= 0.3 is 12.3 Å². The fraction of sp³-hybridized carbons (Fsp3) is 0.250. The van der Waals surface area contributed by atoms with Gasteiger partial charge in [0.15, 0.2) is 11.5 Å². The molecule has 0 atom stereocenters. The Bertz CT molecular complexity index is 525. The summed E-state index contributed by atoms with van der Waals surface area (Å²) < 4.78 is 50.5. The van der Waals surface area contributed by atoms with Crippen LogP contribution in [0.5, 0.6) is 0 Å². The molecule has 86 valence electrons. The number of aromatic amines is 1. The highest BCUT2D eigenvalue weighted by Crippen LogP contribution is 2.33. The Morgan fingerprint density at radius 1 is 1.38 bits per heavy atom. The summed E-state index contributed by atoms with van der Waals surface area (Å²) in [5.74, 6) is -5.38. The van der Waals surface area contributed by atoms with E-state index in [1.54, 1.807) is 0 Å². The Balaban J connectivity index is 2.55. The van der Waals surface area contributed by atoms with Crippen molar-refractivity contribution in [3.63, 3.8) is 0 Å². The molecule has 8 heteroatoms. The number of pyridine rings is 1. The van der Waals surface area contributed by atoms with Gasteiger partial charge in [-0.2, -0.15) is 8.78 Å². The van der Waals surface area contributed by atoms with E-state index in [2.05, 4.69) is 30.9 Å². The minimum Gasteiger partial charge on any atom is -0.335 e. The molecule has 1 N–H and O–H groups in total. The van der Waals surface area contributed by atoms with Gasteiger partial charge in [0.25, 0.3) is 0 Å². The molecule has 2 aromatic heterocycles. The summed E-state index contributed by atoms with van der Waals surface area (Å²) in [7, 11) is 0.